The lowest BCUT2D eigenvalue weighted by atomic mass is 9.97. The van der Waals surface area contributed by atoms with Gasteiger partial charge in [-0.3, -0.25) is 9.78 Å². The summed E-state index contributed by atoms with van der Waals surface area (Å²) < 4.78 is 0. The molecular weight excluding hydrogens is 309 g/mol. The molecular formula is C15H19Cl2N3O. The molecule has 1 fully saturated rings. The normalized spacial score (nSPS) is 14.9. The zero-order valence-corrected chi connectivity index (χ0v) is 13.2. The van der Waals surface area contributed by atoms with Gasteiger partial charge >= 0.3 is 0 Å². The molecule has 2 N–H and O–H groups in total. The molecule has 1 aliphatic heterocycles. The van der Waals surface area contributed by atoms with E-state index in [1.807, 2.05) is 30.3 Å². The molecule has 1 aromatic carbocycles. The van der Waals surface area contributed by atoms with Crippen LogP contribution < -0.4 is 10.6 Å². The van der Waals surface area contributed by atoms with Crippen molar-refractivity contribution < 1.29 is 4.79 Å². The number of halogens is 2. The summed E-state index contributed by atoms with van der Waals surface area (Å²) in [5.41, 5.74) is 1.76. The SMILES string of the molecule is Cl.Cl.O=C(Nc1cccc2ncccc12)C1CCNCC1. The van der Waals surface area contributed by atoms with Gasteiger partial charge in [0.25, 0.3) is 0 Å². The summed E-state index contributed by atoms with van der Waals surface area (Å²) in [6, 6.07) is 9.69. The van der Waals surface area contributed by atoms with Crippen molar-refractivity contribution >= 4 is 47.3 Å². The van der Waals surface area contributed by atoms with E-state index in [-0.39, 0.29) is 36.6 Å². The first-order chi connectivity index (χ1) is 9.34. The van der Waals surface area contributed by atoms with Crippen LogP contribution in [0.5, 0.6) is 0 Å². The summed E-state index contributed by atoms with van der Waals surface area (Å²) in [5, 5.41) is 7.31. The Labute approximate surface area is 136 Å². The Morgan fingerprint density at radius 2 is 1.90 bits per heavy atom. The fourth-order valence-corrected chi connectivity index (χ4v) is 2.53. The summed E-state index contributed by atoms with van der Waals surface area (Å²) in [6.07, 6.45) is 3.59. The predicted octanol–water partition coefficient (Wildman–Crippen LogP) is 3.02. The molecule has 0 spiro atoms. The number of anilines is 1. The van der Waals surface area contributed by atoms with Crippen LogP contribution in [0, 0.1) is 5.92 Å². The fraction of sp³-hybridized carbons (Fsp3) is 0.333. The highest BCUT2D eigenvalue weighted by Crippen LogP contribution is 2.23. The molecule has 3 rings (SSSR count). The largest absolute Gasteiger partial charge is 0.325 e. The van der Waals surface area contributed by atoms with Gasteiger partial charge in [0.1, 0.15) is 0 Å². The van der Waals surface area contributed by atoms with Gasteiger partial charge in [-0.05, 0) is 50.2 Å². The molecule has 114 valence electrons. The number of carbonyl (C=O) groups excluding carboxylic acids is 1. The van der Waals surface area contributed by atoms with Crippen molar-refractivity contribution in [3.05, 3.63) is 36.5 Å². The number of carbonyl (C=O) groups is 1. The number of hydrogen-bond donors (Lipinski definition) is 2. The zero-order valence-electron chi connectivity index (χ0n) is 11.5. The Balaban J connectivity index is 0.00000110. The van der Waals surface area contributed by atoms with Crippen molar-refractivity contribution in [2.45, 2.75) is 12.8 Å². The number of rotatable bonds is 2. The van der Waals surface area contributed by atoms with Gasteiger partial charge in [-0.2, -0.15) is 0 Å². The van der Waals surface area contributed by atoms with Crippen LogP contribution in [0.2, 0.25) is 0 Å². The van der Waals surface area contributed by atoms with E-state index < -0.39 is 0 Å². The Morgan fingerprint density at radius 3 is 2.67 bits per heavy atom. The topological polar surface area (TPSA) is 54.0 Å². The Bertz CT molecular complexity index is 595. The molecule has 0 unspecified atom stereocenters. The maximum Gasteiger partial charge on any atom is 0.227 e. The van der Waals surface area contributed by atoms with Gasteiger partial charge < -0.3 is 10.6 Å². The van der Waals surface area contributed by atoms with Crippen molar-refractivity contribution in [1.29, 1.82) is 0 Å². The maximum atomic E-state index is 12.3. The zero-order chi connectivity index (χ0) is 13.1. The molecule has 0 bridgehead atoms. The van der Waals surface area contributed by atoms with E-state index >= 15 is 0 Å². The molecule has 0 atom stereocenters. The van der Waals surface area contributed by atoms with Crippen molar-refractivity contribution in [3.8, 4) is 0 Å². The molecule has 0 aliphatic carbocycles. The Hall–Kier alpha value is -1.36. The fourth-order valence-electron chi connectivity index (χ4n) is 2.53. The quantitative estimate of drug-likeness (QED) is 0.891. The highest BCUT2D eigenvalue weighted by atomic mass is 35.5. The van der Waals surface area contributed by atoms with Crippen LogP contribution in [-0.2, 0) is 4.79 Å². The molecule has 1 amide bonds. The summed E-state index contributed by atoms with van der Waals surface area (Å²) in [4.78, 5) is 16.6. The number of amides is 1. The molecule has 2 heterocycles. The second kappa shape index (κ2) is 8.17. The summed E-state index contributed by atoms with van der Waals surface area (Å²) in [7, 11) is 0. The van der Waals surface area contributed by atoms with Crippen LogP contribution in [-0.4, -0.2) is 24.0 Å². The lowest BCUT2D eigenvalue weighted by Crippen LogP contribution is -2.34. The second-order valence-corrected chi connectivity index (χ2v) is 4.89. The second-order valence-electron chi connectivity index (χ2n) is 4.89. The maximum absolute atomic E-state index is 12.3. The van der Waals surface area contributed by atoms with Crippen LogP contribution in [0.4, 0.5) is 5.69 Å². The molecule has 6 heteroatoms. The molecule has 1 aromatic heterocycles. The highest BCUT2D eigenvalue weighted by Gasteiger charge is 2.21. The molecule has 21 heavy (non-hydrogen) atoms. The summed E-state index contributed by atoms with van der Waals surface area (Å²) in [6.45, 7) is 1.85. The van der Waals surface area contributed by atoms with E-state index in [9.17, 15) is 4.79 Å². The van der Waals surface area contributed by atoms with E-state index in [4.69, 9.17) is 0 Å². The van der Waals surface area contributed by atoms with Crippen LogP contribution in [0.25, 0.3) is 10.9 Å². The molecule has 0 saturated carbocycles. The first-order valence-corrected chi connectivity index (χ1v) is 6.70. The predicted molar refractivity (Wildman–Crippen MR) is 90.5 cm³/mol. The lowest BCUT2D eigenvalue weighted by molar-refractivity contribution is -0.120. The number of fused-ring (bicyclic) bond motifs is 1. The number of pyridine rings is 1. The van der Waals surface area contributed by atoms with Crippen LogP contribution in [0.15, 0.2) is 36.5 Å². The smallest absolute Gasteiger partial charge is 0.227 e. The van der Waals surface area contributed by atoms with Gasteiger partial charge in [-0.1, -0.05) is 6.07 Å². The highest BCUT2D eigenvalue weighted by molar-refractivity contribution is 6.01. The van der Waals surface area contributed by atoms with Gasteiger partial charge in [0.15, 0.2) is 0 Å². The van der Waals surface area contributed by atoms with Crippen LogP contribution in [0.1, 0.15) is 12.8 Å². The molecule has 4 nitrogen and oxygen atoms in total. The van der Waals surface area contributed by atoms with Crippen LogP contribution in [0.3, 0.4) is 0 Å². The lowest BCUT2D eigenvalue weighted by Gasteiger charge is -2.22. The summed E-state index contributed by atoms with van der Waals surface area (Å²) in [5.74, 6) is 0.242. The Morgan fingerprint density at radius 1 is 1.14 bits per heavy atom. The average molecular weight is 328 g/mol. The molecule has 1 saturated heterocycles. The van der Waals surface area contributed by atoms with Gasteiger partial charge in [0.2, 0.25) is 5.91 Å². The number of benzene rings is 1. The number of hydrogen-bond acceptors (Lipinski definition) is 3. The van der Waals surface area contributed by atoms with Crippen LogP contribution >= 0.6 is 24.8 Å². The first-order valence-electron chi connectivity index (χ1n) is 6.70. The Kier molecular flexibility index (Phi) is 6.89. The molecule has 0 radical (unpaired) electrons. The number of aromatic nitrogens is 1. The minimum atomic E-state index is 0. The molecule has 2 aromatic rings. The third-order valence-electron chi connectivity index (χ3n) is 3.61. The van der Waals surface area contributed by atoms with Crippen molar-refractivity contribution in [1.82, 2.24) is 10.3 Å². The number of nitrogens with one attached hydrogen (secondary N) is 2. The van der Waals surface area contributed by atoms with Gasteiger partial charge in [0.05, 0.1) is 11.2 Å². The van der Waals surface area contributed by atoms with E-state index in [1.165, 1.54) is 0 Å². The van der Waals surface area contributed by atoms with Gasteiger partial charge in [0, 0.05) is 17.5 Å². The van der Waals surface area contributed by atoms with E-state index in [1.54, 1.807) is 6.20 Å². The summed E-state index contributed by atoms with van der Waals surface area (Å²) >= 11 is 0. The van der Waals surface area contributed by atoms with Gasteiger partial charge in [-0.15, -0.1) is 24.8 Å². The minimum absolute atomic E-state index is 0. The van der Waals surface area contributed by atoms with E-state index in [0.717, 1.165) is 42.5 Å². The number of nitrogens with zero attached hydrogens (tertiary/aromatic N) is 1. The van der Waals surface area contributed by atoms with Gasteiger partial charge in [-0.25, -0.2) is 0 Å². The van der Waals surface area contributed by atoms with E-state index in [0.29, 0.717) is 0 Å². The third-order valence-corrected chi connectivity index (χ3v) is 3.61. The first kappa shape index (κ1) is 17.7. The standard InChI is InChI=1S/C15H17N3O.2ClH/c19-15(11-6-9-16-10-7-11)18-14-5-1-4-13-12(14)3-2-8-17-13;;/h1-5,8,11,16H,6-7,9-10H2,(H,18,19);2*1H. The van der Waals surface area contributed by atoms with Crippen molar-refractivity contribution in [2.24, 2.45) is 5.92 Å². The number of piperidine rings is 1. The molecule has 1 aliphatic rings. The third kappa shape index (κ3) is 4.06. The average Bonchev–Trinajstić information content (AvgIpc) is 2.48. The minimum Gasteiger partial charge on any atom is -0.325 e. The van der Waals surface area contributed by atoms with Crippen molar-refractivity contribution in [3.63, 3.8) is 0 Å². The van der Waals surface area contributed by atoms with E-state index in [2.05, 4.69) is 15.6 Å². The monoisotopic (exact) mass is 327 g/mol. The van der Waals surface area contributed by atoms with Crippen molar-refractivity contribution in [2.75, 3.05) is 18.4 Å².